The molecule has 8 heteroatoms. The molecule has 0 N–H and O–H groups in total. The Kier molecular flexibility index (Phi) is 10.5. The zero-order chi connectivity index (χ0) is 49.7. The number of nitrogens with zero attached hydrogens (tertiary/aromatic N) is 8. The van der Waals surface area contributed by atoms with Crippen molar-refractivity contribution >= 4 is 55.0 Å². The average Bonchev–Trinajstić information content (AvgIpc) is 3.99. The Morgan fingerprint density at radius 3 is 1.45 bits per heavy atom. The summed E-state index contributed by atoms with van der Waals surface area (Å²) in [6.45, 7) is 16.6. The van der Waals surface area contributed by atoms with Gasteiger partial charge in [-0.2, -0.15) is 5.26 Å². The van der Waals surface area contributed by atoms with Crippen LogP contribution in [-0.4, -0.2) is 24.1 Å². The fourth-order valence-corrected chi connectivity index (χ4v) is 10.4. The molecule has 3 aromatic heterocycles. The molecule has 74 heavy (non-hydrogen) atoms. The number of hydrogen-bond donors (Lipinski definition) is 0. The lowest BCUT2D eigenvalue weighted by Gasteiger charge is -2.21. The molecule has 0 saturated heterocycles. The molecule has 8 nitrogen and oxygen atoms in total. The minimum atomic E-state index is 0.477. The summed E-state index contributed by atoms with van der Waals surface area (Å²) in [5, 5.41) is 14.0. The van der Waals surface area contributed by atoms with Crippen LogP contribution in [0, 0.1) is 24.5 Å². The Labute approximate surface area is 426 Å². The summed E-state index contributed by atoms with van der Waals surface area (Å²) < 4.78 is 4.58. The molecule has 13 rings (SSSR count). The fraction of sp³-hybridized carbons (Fsp3) is 0. The van der Waals surface area contributed by atoms with Crippen LogP contribution in [0.3, 0.4) is 0 Å². The quantitative estimate of drug-likeness (QED) is 0.142. The molecule has 0 aliphatic heterocycles. The van der Waals surface area contributed by atoms with Crippen LogP contribution in [0.2, 0.25) is 0 Å². The van der Waals surface area contributed by atoms with Crippen LogP contribution < -0.4 is 0 Å². The van der Waals surface area contributed by atoms with Gasteiger partial charge in [0.2, 0.25) is 0 Å². The Morgan fingerprint density at radius 2 is 0.851 bits per heavy atom. The van der Waals surface area contributed by atoms with Crippen molar-refractivity contribution in [2.24, 2.45) is 0 Å². The van der Waals surface area contributed by atoms with Gasteiger partial charge in [-0.1, -0.05) is 152 Å². The van der Waals surface area contributed by atoms with E-state index in [9.17, 15) is 5.26 Å². The molecular weight excluding hydrogens is 905 g/mol. The first-order chi connectivity index (χ1) is 36.5. The maximum atomic E-state index is 9.78. The Bertz CT molecular complexity index is 4470. The second-order valence-electron chi connectivity index (χ2n) is 18.1. The summed E-state index contributed by atoms with van der Waals surface area (Å²) in [5.74, 6) is 1.59. The second-order valence-corrected chi connectivity index (χ2v) is 18.1. The molecule has 0 saturated carbocycles. The van der Waals surface area contributed by atoms with Crippen LogP contribution in [0.1, 0.15) is 5.56 Å². The molecule has 342 valence electrons. The molecule has 0 bridgehead atoms. The van der Waals surface area contributed by atoms with Gasteiger partial charge in [0, 0.05) is 49.5 Å². The maximum Gasteiger partial charge on any atom is 0.197 e. The summed E-state index contributed by atoms with van der Waals surface area (Å²) in [7, 11) is 0. The molecular formula is C66H38N8. The Morgan fingerprint density at radius 1 is 0.365 bits per heavy atom. The normalized spacial score (nSPS) is 11.2. The van der Waals surface area contributed by atoms with Gasteiger partial charge in [-0.15, -0.1) is 0 Å². The third-order valence-corrected chi connectivity index (χ3v) is 13.8. The molecule has 10 aromatic carbocycles. The summed E-state index contributed by atoms with van der Waals surface area (Å²) in [6.07, 6.45) is 0. The van der Waals surface area contributed by atoms with Crippen LogP contribution >= 0.6 is 0 Å². The molecule has 3 heterocycles. The number of rotatable bonds is 8. The summed E-state index contributed by atoms with van der Waals surface area (Å²) >= 11 is 0. The third-order valence-electron chi connectivity index (χ3n) is 13.8. The van der Waals surface area contributed by atoms with Gasteiger partial charge in [0.15, 0.2) is 28.8 Å². The third kappa shape index (κ3) is 7.33. The summed E-state index contributed by atoms with van der Waals surface area (Å²) in [5.41, 5.74) is 15.2. The molecule has 0 unspecified atom stereocenters. The van der Waals surface area contributed by atoms with Gasteiger partial charge in [0.05, 0.1) is 52.5 Å². The van der Waals surface area contributed by atoms with Gasteiger partial charge in [0.1, 0.15) is 0 Å². The molecule has 0 aliphatic carbocycles. The van der Waals surface area contributed by atoms with E-state index in [1.54, 1.807) is 0 Å². The fourth-order valence-electron chi connectivity index (χ4n) is 10.4. The molecule has 0 atom stereocenters. The number of hydrogen-bond acceptors (Lipinski definition) is 4. The van der Waals surface area contributed by atoms with E-state index in [2.05, 4.69) is 134 Å². The van der Waals surface area contributed by atoms with Crippen molar-refractivity contribution in [3.05, 3.63) is 259 Å². The average molecular weight is 943 g/mol. The Hall–Kier alpha value is -10.7. The number of para-hydroxylation sites is 2. The maximum absolute atomic E-state index is 9.78. The number of fused-ring (bicyclic) bond motifs is 6. The molecule has 0 spiro atoms. The van der Waals surface area contributed by atoms with E-state index in [1.807, 2.05) is 121 Å². The number of benzene rings is 10. The largest absolute Gasteiger partial charge is 0.310 e. The first-order valence-electron chi connectivity index (χ1n) is 24.1. The predicted octanol–water partition coefficient (Wildman–Crippen LogP) is 17.0. The zero-order valence-electron chi connectivity index (χ0n) is 39.5. The SMILES string of the molecule is [C-]#[N+]c1cccc(-c2ccc3c(c2)c2ccccc2n3-c2ccc(-c3nc(-c4ccccc4)nc(-c4ccccc4)n3)cc2-c2c([N+]#[C-])cccc2-n2c3ccccc3c3cc(-c4cccc(C#N)c4)ccc32)c1. The summed E-state index contributed by atoms with van der Waals surface area (Å²) in [4.78, 5) is 23.4. The first kappa shape index (κ1) is 43.3. The van der Waals surface area contributed by atoms with E-state index in [1.165, 1.54) is 0 Å². The highest BCUT2D eigenvalue weighted by atomic mass is 15.0. The smallest absolute Gasteiger partial charge is 0.197 e. The minimum Gasteiger partial charge on any atom is -0.310 e. The van der Waals surface area contributed by atoms with Crippen LogP contribution in [0.4, 0.5) is 11.4 Å². The first-order valence-corrected chi connectivity index (χ1v) is 24.1. The van der Waals surface area contributed by atoms with Crippen molar-refractivity contribution < 1.29 is 0 Å². The predicted molar refractivity (Wildman–Crippen MR) is 298 cm³/mol. The van der Waals surface area contributed by atoms with Gasteiger partial charge in [-0.25, -0.2) is 24.6 Å². The second kappa shape index (κ2) is 17.9. The minimum absolute atomic E-state index is 0.477. The van der Waals surface area contributed by atoms with E-state index >= 15 is 0 Å². The van der Waals surface area contributed by atoms with Crippen molar-refractivity contribution in [1.82, 2.24) is 24.1 Å². The van der Waals surface area contributed by atoms with Crippen molar-refractivity contribution in [2.75, 3.05) is 0 Å². The standard InChI is InChI=1S/C66H38N8/c1-68-50-23-14-22-46(37-50)48-31-33-59-53(39-48)51-24-9-11-27-57(51)73(59)61-35-32-49(66-71-64(43-17-5-3-6-18-43)70-65(72-66)44-19-7-4-8-20-44)40-55(61)63-56(69-2)26-15-29-62(63)74-58-28-12-10-25-52(58)54-38-47(30-34-60(54)74)45-21-13-16-42(36-45)41-67/h3-40H. The molecule has 0 aliphatic rings. The summed E-state index contributed by atoms with van der Waals surface area (Å²) in [6, 6.07) is 79.8. The topological polar surface area (TPSA) is 81.0 Å². The van der Waals surface area contributed by atoms with E-state index < -0.39 is 0 Å². The van der Waals surface area contributed by atoms with Gasteiger partial charge >= 0.3 is 0 Å². The van der Waals surface area contributed by atoms with E-state index in [0.717, 1.165) is 105 Å². The van der Waals surface area contributed by atoms with E-state index in [4.69, 9.17) is 28.1 Å². The highest BCUT2D eigenvalue weighted by Gasteiger charge is 2.25. The van der Waals surface area contributed by atoms with Crippen LogP contribution in [0.25, 0.3) is 132 Å². The van der Waals surface area contributed by atoms with Gasteiger partial charge in [0.25, 0.3) is 0 Å². The van der Waals surface area contributed by atoms with Crippen molar-refractivity contribution in [2.45, 2.75) is 0 Å². The molecule has 0 amide bonds. The van der Waals surface area contributed by atoms with E-state index in [0.29, 0.717) is 34.4 Å². The molecule has 13 aromatic rings. The monoisotopic (exact) mass is 942 g/mol. The van der Waals surface area contributed by atoms with Crippen molar-refractivity contribution in [3.8, 4) is 85.0 Å². The lowest BCUT2D eigenvalue weighted by molar-refractivity contribution is 1.07. The highest BCUT2D eigenvalue weighted by molar-refractivity contribution is 6.13. The lowest BCUT2D eigenvalue weighted by Crippen LogP contribution is -2.04. The Balaban J connectivity index is 1.11. The van der Waals surface area contributed by atoms with Crippen LogP contribution in [-0.2, 0) is 0 Å². The van der Waals surface area contributed by atoms with Gasteiger partial charge in [-0.3, -0.25) is 0 Å². The highest BCUT2D eigenvalue weighted by Crippen LogP contribution is 2.46. The lowest BCUT2D eigenvalue weighted by atomic mass is 9.96. The van der Waals surface area contributed by atoms with Crippen molar-refractivity contribution in [3.63, 3.8) is 0 Å². The molecule has 0 radical (unpaired) electrons. The number of nitriles is 1. The van der Waals surface area contributed by atoms with Crippen LogP contribution in [0.5, 0.6) is 0 Å². The zero-order valence-corrected chi connectivity index (χ0v) is 39.5. The van der Waals surface area contributed by atoms with Gasteiger partial charge < -0.3 is 9.13 Å². The van der Waals surface area contributed by atoms with Crippen LogP contribution in [0.15, 0.2) is 231 Å². The molecule has 0 fully saturated rings. The van der Waals surface area contributed by atoms with Gasteiger partial charge in [-0.05, 0) is 107 Å². The van der Waals surface area contributed by atoms with Crippen molar-refractivity contribution in [1.29, 1.82) is 5.26 Å². The van der Waals surface area contributed by atoms with E-state index in [-0.39, 0.29) is 0 Å². The number of aromatic nitrogens is 5.